The minimum atomic E-state index is 0.0578. The van der Waals surface area contributed by atoms with Crippen molar-refractivity contribution in [2.45, 2.75) is 19.9 Å². The molecular formula is C13H15N. The van der Waals surface area contributed by atoms with Gasteiger partial charge in [0.1, 0.15) is 0 Å². The Balaban J connectivity index is 2.67. The van der Waals surface area contributed by atoms with Crippen molar-refractivity contribution in [2.24, 2.45) is 5.73 Å². The van der Waals surface area contributed by atoms with Crippen molar-refractivity contribution in [3.8, 4) is 0 Å². The molecule has 0 heterocycles. The molecule has 2 rings (SSSR count). The van der Waals surface area contributed by atoms with E-state index in [9.17, 15) is 0 Å². The first-order valence-electron chi connectivity index (χ1n) is 4.97. The van der Waals surface area contributed by atoms with Crippen LogP contribution in [0.1, 0.15) is 31.0 Å². The molecule has 1 unspecified atom stereocenters. The van der Waals surface area contributed by atoms with Crippen molar-refractivity contribution in [2.75, 3.05) is 0 Å². The van der Waals surface area contributed by atoms with Crippen molar-refractivity contribution >= 4 is 5.57 Å². The van der Waals surface area contributed by atoms with Crippen LogP contribution in [0.25, 0.3) is 5.57 Å². The van der Waals surface area contributed by atoms with Gasteiger partial charge in [-0.25, -0.2) is 0 Å². The maximum Gasteiger partial charge on any atom is 0.0560 e. The van der Waals surface area contributed by atoms with E-state index in [1.54, 1.807) is 0 Å². The zero-order chi connectivity index (χ0) is 10.1. The second-order valence-corrected chi connectivity index (χ2v) is 3.51. The fourth-order valence-corrected chi connectivity index (χ4v) is 2.16. The van der Waals surface area contributed by atoms with Gasteiger partial charge in [-0.1, -0.05) is 36.4 Å². The average Bonchev–Trinajstić information content (AvgIpc) is 2.51. The van der Waals surface area contributed by atoms with E-state index in [-0.39, 0.29) is 6.04 Å². The number of hydrogen-bond acceptors (Lipinski definition) is 1. The Morgan fingerprint density at radius 1 is 1.14 bits per heavy atom. The van der Waals surface area contributed by atoms with Crippen LogP contribution in [0.15, 0.2) is 42.0 Å². The molecule has 0 amide bonds. The summed E-state index contributed by atoms with van der Waals surface area (Å²) < 4.78 is 0. The van der Waals surface area contributed by atoms with Crippen LogP contribution in [-0.2, 0) is 0 Å². The highest BCUT2D eigenvalue weighted by Crippen LogP contribution is 2.42. The Morgan fingerprint density at radius 2 is 1.86 bits per heavy atom. The van der Waals surface area contributed by atoms with Gasteiger partial charge in [0.25, 0.3) is 0 Å². The van der Waals surface area contributed by atoms with Gasteiger partial charge < -0.3 is 5.73 Å². The van der Waals surface area contributed by atoms with Crippen LogP contribution in [0.4, 0.5) is 0 Å². The first-order valence-corrected chi connectivity index (χ1v) is 4.97. The second-order valence-electron chi connectivity index (χ2n) is 3.51. The van der Waals surface area contributed by atoms with Gasteiger partial charge in [-0.3, -0.25) is 0 Å². The predicted molar refractivity (Wildman–Crippen MR) is 60.8 cm³/mol. The zero-order valence-corrected chi connectivity index (χ0v) is 8.62. The van der Waals surface area contributed by atoms with Crippen LogP contribution in [0.3, 0.4) is 0 Å². The Morgan fingerprint density at radius 3 is 2.50 bits per heavy atom. The first-order chi connectivity index (χ1) is 6.79. The van der Waals surface area contributed by atoms with Crippen LogP contribution in [-0.4, -0.2) is 0 Å². The standard InChI is InChI=1S/C13H15N/c1-3-9-10(4-2)13(14)12-8-6-5-7-11(9)12/h3-8,13H,14H2,1-2H3. The second kappa shape index (κ2) is 3.43. The third kappa shape index (κ3) is 1.13. The van der Waals surface area contributed by atoms with Crippen molar-refractivity contribution in [3.63, 3.8) is 0 Å². The molecule has 1 aromatic carbocycles. The fourth-order valence-electron chi connectivity index (χ4n) is 2.16. The molecule has 0 radical (unpaired) electrons. The molecule has 72 valence electrons. The van der Waals surface area contributed by atoms with Crippen molar-refractivity contribution in [1.29, 1.82) is 0 Å². The Bertz CT molecular complexity index is 413. The van der Waals surface area contributed by atoms with Crippen molar-refractivity contribution in [1.82, 2.24) is 0 Å². The van der Waals surface area contributed by atoms with Gasteiger partial charge in [0.15, 0.2) is 0 Å². The summed E-state index contributed by atoms with van der Waals surface area (Å²) in [4.78, 5) is 0. The van der Waals surface area contributed by atoms with Gasteiger partial charge in [-0.2, -0.15) is 0 Å². The third-order valence-corrected chi connectivity index (χ3v) is 2.83. The number of rotatable bonds is 0. The molecule has 0 saturated carbocycles. The molecule has 0 fully saturated rings. The van der Waals surface area contributed by atoms with E-state index in [2.05, 4.69) is 37.3 Å². The summed E-state index contributed by atoms with van der Waals surface area (Å²) in [6.07, 6.45) is 4.25. The molecule has 14 heavy (non-hydrogen) atoms. The number of fused-ring (bicyclic) bond motifs is 1. The molecule has 1 nitrogen and oxygen atoms in total. The molecule has 1 atom stereocenters. The summed E-state index contributed by atoms with van der Waals surface area (Å²) in [6.45, 7) is 4.11. The molecule has 1 aliphatic rings. The maximum absolute atomic E-state index is 6.16. The van der Waals surface area contributed by atoms with Crippen LogP contribution in [0.5, 0.6) is 0 Å². The van der Waals surface area contributed by atoms with Gasteiger partial charge in [0, 0.05) is 0 Å². The van der Waals surface area contributed by atoms with Gasteiger partial charge >= 0.3 is 0 Å². The number of allylic oxidation sites excluding steroid dienone is 2. The van der Waals surface area contributed by atoms with E-state index in [4.69, 9.17) is 5.73 Å². The van der Waals surface area contributed by atoms with Gasteiger partial charge in [0.05, 0.1) is 6.04 Å². The van der Waals surface area contributed by atoms with Crippen molar-refractivity contribution < 1.29 is 0 Å². The average molecular weight is 185 g/mol. The first kappa shape index (κ1) is 9.22. The summed E-state index contributed by atoms with van der Waals surface area (Å²) in [7, 11) is 0. The summed E-state index contributed by atoms with van der Waals surface area (Å²) in [5.41, 5.74) is 11.2. The highest BCUT2D eigenvalue weighted by Gasteiger charge is 2.26. The topological polar surface area (TPSA) is 26.0 Å². The normalized spacial score (nSPS) is 25.8. The lowest BCUT2D eigenvalue weighted by Gasteiger charge is -2.05. The quantitative estimate of drug-likeness (QED) is 0.660. The predicted octanol–water partition coefficient (Wildman–Crippen LogP) is 3.05. The van der Waals surface area contributed by atoms with E-state index >= 15 is 0 Å². The monoisotopic (exact) mass is 185 g/mol. The largest absolute Gasteiger partial charge is 0.320 e. The highest BCUT2D eigenvalue weighted by atomic mass is 14.7. The SMILES string of the molecule is CC=C1C(=CC)C(N)c2ccccc21. The molecule has 0 aliphatic heterocycles. The number of hydrogen-bond donors (Lipinski definition) is 1. The molecule has 0 saturated heterocycles. The molecule has 0 aromatic heterocycles. The highest BCUT2D eigenvalue weighted by molar-refractivity contribution is 5.87. The van der Waals surface area contributed by atoms with Crippen molar-refractivity contribution in [3.05, 3.63) is 53.1 Å². The number of nitrogens with two attached hydrogens (primary N) is 1. The van der Waals surface area contributed by atoms with E-state index in [0.717, 1.165) is 0 Å². The Labute approximate surface area is 84.9 Å². The molecule has 0 bridgehead atoms. The van der Waals surface area contributed by atoms with E-state index < -0.39 is 0 Å². The Hall–Kier alpha value is -1.34. The summed E-state index contributed by atoms with van der Waals surface area (Å²) in [5, 5.41) is 0. The minimum Gasteiger partial charge on any atom is -0.320 e. The lowest BCUT2D eigenvalue weighted by atomic mass is 10.0. The van der Waals surface area contributed by atoms with Gasteiger partial charge in [-0.15, -0.1) is 0 Å². The van der Waals surface area contributed by atoms with E-state index in [0.29, 0.717) is 0 Å². The third-order valence-electron chi connectivity index (χ3n) is 2.83. The molecule has 1 aromatic rings. The minimum absolute atomic E-state index is 0.0578. The lowest BCUT2D eigenvalue weighted by Crippen LogP contribution is -2.07. The smallest absolute Gasteiger partial charge is 0.0560 e. The number of benzene rings is 1. The van der Waals surface area contributed by atoms with E-state index in [1.165, 1.54) is 22.3 Å². The van der Waals surface area contributed by atoms with Gasteiger partial charge in [0.2, 0.25) is 0 Å². The molecule has 2 N–H and O–H groups in total. The molecular weight excluding hydrogens is 170 g/mol. The maximum atomic E-state index is 6.16. The summed E-state index contributed by atoms with van der Waals surface area (Å²) in [5.74, 6) is 0. The Kier molecular flexibility index (Phi) is 2.26. The molecule has 1 aliphatic carbocycles. The van der Waals surface area contributed by atoms with Crippen LogP contribution < -0.4 is 5.73 Å². The zero-order valence-electron chi connectivity index (χ0n) is 8.62. The lowest BCUT2D eigenvalue weighted by molar-refractivity contribution is 0.900. The van der Waals surface area contributed by atoms with Crippen LogP contribution in [0.2, 0.25) is 0 Å². The fraction of sp³-hybridized carbons (Fsp3) is 0.231. The van der Waals surface area contributed by atoms with Crippen LogP contribution in [0, 0.1) is 0 Å². The van der Waals surface area contributed by atoms with E-state index in [1.807, 2.05) is 13.0 Å². The van der Waals surface area contributed by atoms with Crippen LogP contribution >= 0.6 is 0 Å². The summed E-state index contributed by atoms with van der Waals surface area (Å²) in [6, 6.07) is 8.42. The summed E-state index contributed by atoms with van der Waals surface area (Å²) >= 11 is 0. The van der Waals surface area contributed by atoms with Gasteiger partial charge in [-0.05, 0) is 36.1 Å². The molecule has 1 heteroatoms. The molecule has 0 spiro atoms.